The van der Waals surface area contributed by atoms with E-state index in [1.807, 2.05) is 36.7 Å². The molecule has 8 aromatic rings. The lowest BCUT2D eigenvalue weighted by Crippen LogP contribution is -2.50. The summed E-state index contributed by atoms with van der Waals surface area (Å²) < 4.78 is 115. The lowest BCUT2D eigenvalue weighted by molar-refractivity contribution is -0.253. The molecule has 336 valence electrons. The molecule has 2 amide bonds. The Hall–Kier alpha value is -7.44. The van der Waals surface area contributed by atoms with E-state index >= 15 is 4.39 Å². The van der Waals surface area contributed by atoms with Crippen molar-refractivity contribution in [3.8, 4) is 22.3 Å². The van der Waals surface area contributed by atoms with Crippen molar-refractivity contribution in [1.29, 1.82) is 0 Å². The van der Waals surface area contributed by atoms with E-state index in [4.69, 9.17) is 0 Å². The molecule has 2 aromatic heterocycles. The van der Waals surface area contributed by atoms with Crippen molar-refractivity contribution in [3.63, 3.8) is 0 Å². The van der Waals surface area contributed by atoms with Crippen LogP contribution in [-0.4, -0.2) is 53.9 Å². The number of anilines is 2. The third-order valence-corrected chi connectivity index (χ3v) is 11.8. The van der Waals surface area contributed by atoms with E-state index in [0.29, 0.717) is 11.1 Å². The average molecular weight is 911 g/mol. The monoisotopic (exact) mass is 910 g/mol. The number of nitrogens with zero attached hydrogens (tertiary/aromatic N) is 6. The zero-order valence-corrected chi connectivity index (χ0v) is 34.5. The number of hydrogen-bond acceptors (Lipinski definition) is 6. The minimum absolute atomic E-state index is 0.0201. The summed E-state index contributed by atoms with van der Waals surface area (Å²) in [7, 11) is 3.58. The topological polar surface area (TPSA) is 117 Å². The van der Waals surface area contributed by atoms with Gasteiger partial charge < -0.3 is 20.0 Å². The maximum Gasteiger partial charge on any atom is 0.430 e. The fourth-order valence-corrected chi connectivity index (χ4v) is 8.51. The molecule has 2 atom stereocenters. The Bertz CT molecular complexity index is 3250. The Morgan fingerprint density at radius 3 is 1.56 bits per heavy atom. The number of para-hydroxylation sites is 2. The van der Waals surface area contributed by atoms with Gasteiger partial charge in [-0.05, 0) is 64.7 Å². The molecule has 18 heteroatoms. The van der Waals surface area contributed by atoms with Gasteiger partial charge in [-0.1, -0.05) is 78.9 Å². The molecule has 2 unspecified atom stereocenters. The minimum Gasteiger partial charge on any atom is -0.368 e. The van der Waals surface area contributed by atoms with Gasteiger partial charge in [-0.3, -0.25) is 19.0 Å². The highest BCUT2D eigenvalue weighted by atomic mass is 19.4. The molecule has 10 rings (SSSR count). The number of aryl methyl sites for hydroxylation is 2. The van der Waals surface area contributed by atoms with Crippen LogP contribution in [0.4, 0.5) is 46.5 Å². The predicted molar refractivity (Wildman–Crippen MR) is 227 cm³/mol. The quantitative estimate of drug-likeness (QED) is 0.161. The molecule has 0 spiro atoms. The molecule has 10 nitrogen and oxygen atoms in total. The van der Waals surface area contributed by atoms with Gasteiger partial charge >= 0.3 is 12.4 Å². The van der Waals surface area contributed by atoms with E-state index in [-0.39, 0.29) is 22.5 Å². The van der Waals surface area contributed by atoms with Crippen LogP contribution in [0.1, 0.15) is 22.3 Å². The van der Waals surface area contributed by atoms with Crippen LogP contribution < -0.4 is 9.80 Å². The normalized spacial score (nSPS) is 18.2. The number of halogens is 8. The zero-order valence-electron chi connectivity index (χ0n) is 34.5. The number of hydrogen-bond donors (Lipinski definition) is 2. The fourth-order valence-electron chi connectivity index (χ4n) is 8.51. The molecule has 0 aliphatic carbocycles. The molecule has 2 N–H and O–H groups in total. The molecule has 0 radical (unpaired) electrons. The maximum absolute atomic E-state index is 15.1. The van der Waals surface area contributed by atoms with Crippen LogP contribution in [-0.2, 0) is 48.0 Å². The number of benzene rings is 6. The number of alkyl halides is 6. The molecule has 0 fully saturated rings. The van der Waals surface area contributed by atoms with Gasteiger partial charge in [-0.2, -0.15) is 36.5 Å². The summed E-state index contributed by atoms with van der Waals surface area (Å²) >= 11 is 0. The van der Waals surface area contributed by atoms with Gasteiger partial charge in [0.05, 0.1) is 35.5 Å². The Labute approximate surface area is 369 Å². The first-order chi connectivity index (χ1) is 31.2. The number of aliphatic hydroxyl groups is 2. The van der Waals surface area contributed by atoms with Crippen LogP contribution in [0.25, 0.3) is 44.1 Å². The summed E-state index contributed by atoms with van der Waals surface area (Å²) in [4.78, 5) is 26.9. The number of carbonyl (C=O) groups excluding carboxylic acids is 2. The van der Waals surface area contributed by atoms with Crippen LogP contribution in [0.2, 0.25) is 0 Å². The molecule has 0 saturated carbocycles. The standard InChI is InChI=1S/2C24H17F4N3O2/c1-30-13-17-16(5-4-7-20(17)29-30)14-9-10-15(19(25)11-14)12-31-21-8-3-2-6-18(21)23(33,22(31)32)24(26,27)28;1-30-12-17-10-14(8-9-20(17)29-30)15-6-7-16(19(25)11-15)13-31-21-5-3-2-4-18(21)23(33,22(31)32)24(26,27)28/h2-11,13,33H,12H2,1H3;2-12,33H,13H2,1H3. The summed E-state index contributed by atoms with van der Waals surface area (Å²) in [6.07, 6.45) is -6.79. The molecule has 0 bridgehead atoms. The van der Waals surface area contributed by atoms with E-state index in [0.717, 1.165) is 54.9 Å². The van der Waals surface area contributed by atoms with Crippen LogP contribution in [0.5, 0.6) is 0 Å². The third kappa shape index (κ3) is 7.03. The van der Waals surface area contributed by atoms with Crippen molar-refractivity contribution in [2.75, 3.05) is 9.80 Å². The first-order valence-corrected chi connectivity index (χ1v) is 20.0. The van der Waals surface area contributed by atoms with E-state index in [1.54, 1.807) is 47.7 Å². The van der Waals surface area contributed by atoms with E-state index in [1.165, 1.54) is 60.7 Å². The summed E-state index contributed by atoms with van der Waals surface area (Å²) in [5.74, 6) is -4.46. The van der Waals surface area contributed by atoms with Gasteiger partial charge in [0.2, 0.25) is 0 Å². The molecule has 0 saturated heterocycles. The number of carbonyl (C=O) groups is 2. The largest absolute Gasteiger partial charge is 0.430 e. The van der Waals surface area contributed by atoms with Crippen molar-refractivity contribution in [2.45, 2.75) is 36.6 Å². The van der Waals surface area contributed by atoms with E-state index in [9.17, 15) is 50.5 Å². The number of aromatic nitrogens is 4. The Morgan fingerprint density at radius 1 is 0.545 bits per heavy atom. The SMILES string of the molecule is Cn1cc2c(-c3ccc(CN4C(=O)C(O)(C(F)(F)F)c5ccccc54)c(F)c3)cccc2n1.Cn1cc2cc(-c3ccc(CN4C(=O)C(O)(C(F)(F)F)c5ccccc54)c(F)c3)ccc2n1. The zero-order chi connectivity index (χ0) is 47.1. The Morgan fingerprint density at radius 2 is 1.02 bits per heavy atom. The molecule has 66 heavy (non-hydrogen) atoms. The van der Waals surface area contributed by atoms with Gasteiger partial charge in [0.1, 0.15) is 11.6 Å². The predicted octanol–water partition coefficient (Wildman–Crippen LogP) is 9.35. The summed E-state index contributed by atoms with van der Waals surface area (Å²) in [6.45, 7) is -0.917. The van der Waals surface area contributed by atoms with Crippen molar-refractivity contribution in [3.05, 3.63) is 168 Å². The number of rotatable bonds is 6. The molecule has 4 heterocycles. The van der Waals surface area contributed by atoms with Gasteiger partial charge in [-0.15, -0.1) is 0 Å². The second-order valence-corrected chi connectivity index (χ2v) is 16.0. The molecular weight excluding hydrogens is 877 g/mol. The molecule has 2 aliphatic heterocycles. The van der Waals surface area contributed by atoms with Crippen molar-refractivity contribution < 1.29 is 54.9 Å². The number of amides is 2. The second-order valence-electron chi connectivity index (χ2n) is 16.0. The van der Waals surface area contributed by atoms with E-state index < -0.39 is 71.2 Å². The Balaban J connectivity index is 0.000000166. The van der Waals surface area contributed by atoms with Crippen molar-refractivity contribution in [2.24, 2.45) is 14.1 Å². The summed E-state index contributed by atoms with van der Waals surface area (Å²) in [5, 5.41) is 31.0. The van der Waals surface area contributed by atoms with Gasteiger partial charge in [0.15, 0.2) is 0 Å². The van der Waals surface area contributed by atoms with Crippen molar-refractivity contribution >= 4 is 45.0 Å². The van der Waals surface area contributed by atoms with Crippen LogP contribution in [0.15, 0.2) is 134 Å². The highest BCUT2D eigenvalue weighted by Gasteiger charge is 2.67. The lowest BCUT2D eigenvalue weighted by Gasteiger charge is -2.25. The first-order valence-electron chi connectivity index (χ1n) is 20.0. The number of fused-ring (bicyclic) bond motifs is 4. The van der Waals surface area contributed by atoms with Gasteiger partial charge in [0, 0.05) is 59.5 Å². The highest BCUT2D eigenvalue weighted by Crippen LogP contribution is 2.51. The molecular formula is C48H34F8N6O4. The summed E-state index contributed by atoms with van der Waals surface area (Å²) in [6, 6.07) is 29.8. The lowest BCUT2D eigenvalue weighted by atomic mass is 9.95. The maximum atomic E-state index is 15.1. The van der Waals surface area contributed by atoms with Crippen LogP contribution in [0.3, 0.4) is 0 Å². The smallest absolute Gasteiger partial charge is 0.368 e. The minimum atomic E-state index is -5.22. The molecule has 2 aliphatic rings. The fraction of sp³-hybridized carbons (Fsp3) is 0.167. The van der Waals surface area contributed by atoms with Crippen molar-refractivity contribution in [1.82, 2.24) is 19.6 Å². The molecule has 6 aromatic carbocycles. The van der Waals surface area contributed by atoms with Crippen LogP contribution in [0, 0.1) is 11.6 Å². The third-order valence-electron chi connectivity index (χ3n) is 11.8. The highest BCUT2D eigenvalue weighted by molar-refractivity contribution is 6.08. The van der Waals surface area contributed by atoms with Gasteiger partial charge in [0.25, 0.3) is 23.0 Å². The summed E-state index contributed by atoms with van der Waals surface area (Å²) in [5.41, 5.74) is -4.47. The van der Waals surface area contributed by atoms with Crippen LogP contribution >= 0.6 is 0 Å². The van der Waals surface area contributed by atoms with Gasteiger partial charge in [-0.25, -0.2) is 8.78 Å². The second kappa shape index (κ2) is 15.6. The average Bonchev–Trinajstić information content (AvgIpc) is 3.97. The van der Waals surface area contributed by atoms with E-state index in [2.05, 4.69) is 10.2 Å². The first kappa shape index (κ1) is 43.8. The Kier molecular flexibility index (Phi) is 10.4.